The molecule has 0 heterocycles. The summed E-state index contributed by atoms with van der Waals surface area (Å²) in [5, 5.41) is 0. The molecule has 0 unspecified atom stereocenters. The number of para-hydroxylation sites is 1. The summed E-state index contributed by atoms with van der Waals surface area (Å²) in [5.41, 5.74) is -0.460. The third-order valence-electron chi connectivity index (χ3n) is 2.59. The Kier molecular flexibility index (Phi) is 3.55. The lowest BCUT2D eigenvalue weighted by Gasteiger charge is -2.09. The first-order valence-corrected chi connectivity index (χ1v) is 5.37. The van der Waals surface area contributed by atoms with Crippen molar-refractivity contribution in [1.82, 2.24) is 0 Å². The maximum atomic E-state index is 13.5. The van der Waals surface area contributed by atoms with Gasteiger partial charge in [-0.3, -0.25) is 4.79 Å². The molecule has 0 saturated carbocycles. The number of hydrogen-bond donors (Lipinski definition) is 0. The van der Waals surface area contributed by atoms with Gasteiger partial charge in [0.1, 0.15) is 11.6 Å². The highest BCUT2D eigenvalue weighted by atomic mass is 19.1. The summed E-state index contributed by atoms with van der Waals surface area (Å²) in [6.45, 7) is 0. The third-order valence-corrected chi connectivity index (χ3v) is 2.59. The van der Waals surface area contributed by atoms with Gasteiger partial charge in [-0.1, -0.05) is 6.07 Å². The van der Waals surface area contributed by atoms with Gasteiger partial charge in [0.2, 0.25) is 0 Å². The number of halogens is 3. The van der Waals surface area contributed by atoms with Gasteiger partial charge in [0, 0.05) is 6.07 Å². The lowest BCUT2D eigenvalue weighted by molar-refractivity contribution is 0.103. The largest absolute Gasteiger partial charge is 0.493 e. The molecule has 2 rings (SSSR count). The summed E-state index contributed by atoms with van der Waals surface area (Å²) in [5.74, 6) is -3.56. The van der Waals surface area contributed by atoms with Gasteiger partial charge in [-0.05, 0) is 24.3 Å². The van der Waals surface area contributed by atoms with Gasteiger partial charge in [-0.25, -0.2) is 13.2 Å². The van der Waals surface area contributed by atoms with Crippen LogP contribution in [0.4, 0.5) is 13.2 Å². The topological polar surface area (TPSA) is 26.3 Å². The van der Waals surface area contributed by atoms with E-state index in [9.17, 15) is 18.0 Å². The Bertz CT molecular complexity index is 639. The Morgan fingerprint density at radius 3 is 2.37 bits per heavy atom. The van der Waals surface area contributed by atoms with E-state index < -0.39 is 23.2 Å². The van der Waals surface area contributed by atoms with Crippen molar-refractivity contribution in [1.29, 1.82) is 0 Å². The number of ether oxygens (including phenoxy) is 1. The molecule has 0 amide bonds. The Morgan fingerprint density at radius 1 is 1.00 bits per heavy atom. The van der Waals surface area contributed by atoms with Crippen LogP contribution in [0.5, 0.6) is 5.75 Å². The van der Waals surface area contributed by atoms with Crippen molar-refractivity contribution in [2.24, 2.45) is 0 Å². The summed E-state index contributed by atoms with van der Waals surface area (Å²) >= 11 is 0. The van der Waals surface area contributed by atoms with Crippen LogP contribution in [0.2, 0.25) is 0 Å². The van der Waals surface area contributed by atoms with Crippen molar-refractivity contribution < 1.29 is 22.7 Å². The van der Waals surface area contributed by atoms with Crippen LogP contribution in [0.25, 0.3) is 0 Å². The molecule has 19 heavy (non-hydrogen) atoms. The van der Waals surface area contributed by atoms with Crippen LogP contribution in [0.15, 0.2) is 36.4 Å². The Hall–Kier alpha value is -2.30. The fourth-order valence-corrected chi connectivity index (χ4v) is 1.71. The molecular formula is C14H9F3O2. The molecule has 0 spiro atoms. The smallest absolute Gasteiger partial charge is 0.199 e. The molecule has 0 atom stereocenters. The van der Waals surface area contributed by atoms with Crippen LogP contribution < -0.4 is 4.74 Å². The molecule has 0 aliphatic rings. The molecule has 2 aromatic rings. The number of ketones is 1. The number of methoxy groups -OCH3 is 1. The highest BCUT2D eigenvalue weighted by Gasteiger charge is 2.20. The molecule has 0 N–H and O–H groups in total. The second kappa shape index (κ2) is 5.14. The zero-order chi connectivity index (χ0) is 14.0. The highest BCUT2D eigenvalue weighted by Crippen LogP contribution is 2.25. The Morgan fingerprint density at radius 2 is 1.74 bits per heavy atom. The van der Waals surface area contributed by atoms with E-state index in [1.165, 1.54) is 19.2 Å². The molecule has 0 aliphatic heterocycles. The van der Waals surface area contributed by atoms with E-state index in [2.05, 4.69) is 0 Å². The highest BCUT2D eigenvalue weighted by molar-refractivity contribution is 6.10. The number of rotatable bonds is 3. The molecule has 2 nitrogen and oxygen atoms in total. The van der Waals surface area contributed by atoms with Gasteiger partial charge in [0.25, 0.3) is 0 Å². The molecule has 98 valence electrons. The first-order chi connectivity index (χ1) is 9.04. The first-order valence-electron chi connectivity index (χ1n) is 5.37. The van der Waals surface area contributed by atoms with E-state index in [0.29, 0.717) is 6.07 Å². The number of carbonyl (C=O) groups is 1. The molecular weight excluding hydrogens is 257 g/mol. The van der Waals surface area contributed by atoms with E-state index in [-0.39, 0.29) is 16.9 Å². The van der Waals surface area contributed by atoms with Gasteiger partial charge in [-0.2, -0.15) is 0 Å². The summed E-state index contributed by atoms with van der Waals surface area (Å²) in [6.07, 6.45) is 0. The summed E-state index contributed by atoms with van der Waals surface area (Å²) in [6, 6.07) is 6.31. The van der Waals surface area contributed by atoms with E-state index >= 15 is 0 Å². The summed E-state index contributed by atoms with van der Waals surface area (Å²) in [4.78, 5) is 12.1. The maximum Gasteiger partial charge on any atom is 0.199 e. The van der Waals surface area contributed by atoms with E-state index in [4.69, 9.17) is 4.74 Å². The molecule has 0 fully saturated rings. The Balaban J connectivity index is 2.53. The summed E-state index contributed by atoms with van der Waals surface area (Å²) in [7, 11) is 1.20. The fourth-order valence-electron chi connectivity index (χ4n) is 1.71. The van der Waals surface area contributed by atoms with Gasteiger partial charge in [0.15, 0.2) is 17.3 Å². The average molecular weight is 266 g/mol. The molecule has 2 aromatic carbocycles. The number of benzene rings is 2. The second-order valence-electron chi connectivity index (χ2n) is 3.77. The molecule has 5 heteroatoms. The van der Waals surface area contributed by atoms with Gasteiger partial charge < -0.3 is 4.74 Å². The minimum Gasteiger partial charge on any atom is -0.493 e. The predicted octanol–water partition coefficient (Wildman–Crippen LogP) is 3.34. The Labute approximate surface area is 107 Å². The zero-order valence-corrected chi connectivity index (χ0v) is 9.91. The van der Waals surface area contributed by atoms with Crippen molar-refractivity contribution >= 4 is 5.78 Å². The van der Waals surface area contributed by atoms with Gasteiger partial charge >= 0.3 is 0 Å². The maximum absolute atomic E-state index is 13.5. The second-order valence-corrected chi connectivity index (χ2v) is 3.77. The molecule has 0 aliphatic carbocycles. The van der Waals surface area contributed by atoms with Crippen LogP contribution in [-0.2, 0) is 0 Å². The summed E-state index contributed by atoms with van der Waals surface area (Å²) < 4.78 is 44.6. The minimum absolute atomic E-state index is 0.118. The lowest BCUT2D eigenvalue weighted by Crippen LogP contribution is -2.07. The van der Waals surface area contributed by atoms with Crippen molar-refractivity contribution in [2.75, 3.05) is 7.11 Å². The predicted molar refractivity (Wildman–Crippen MR) is 62.7 cm³/mol. The van der Waals surface area contributed by atoms with Crippen LogP contribution in [0.3, 0.4) is 0 Å². The van der Waals surface area contributed by atoms with Crippen LogP contribution in [0, 0.1) is 17.5 Å². The SMILES string of the molecule is COc1c(F)cccc1C(=O)c1ccc(F)cc1F. The number of carbonyl (C=O) groups excluding carboxylic acids is 1. The minimum atomic E-state index is -1.00. The van der Waals surface area contributed by atoms with Crippen molar-refractivity contribution in [3.8, 4) is 5.75 Å². The standard InChI is InChI=1S/C14H9F3O2/c1-19-14-10(3-2-4-11(14)16)13(18)9-6-5-8(15)7-12(9)17/h2-7H,1H3. The first kappa shape index (κ1) is 13.1. The van der Waals surface area contributed by atoms with Gasteiger partial charge in [-0.15, -0.1) is 0 Å². The zero-order valence-electron chi connectivity index (χ0n) is 9.91. The quantitative estimate of drug-likeness (QED) is 0.796. The van der Waals surface area contributed by atoms with E-state index in [1.807, 2.05) is 0 Å². The van der Waals surface area contributed by atoms with Gasteiger partial charge in [0.05, 0.1) is 18.2 Å². The molecule has 0 radical (unpaired) electrons. The molecule has 0 saturated heterocycles. The average Bonchev–Trinajstić information content (AvgIpc) is 2.37. The van der Waals surface area contributed by atoms with Crippen LogP contribution in [-0.4, -0.2) is 12.9 Å². The van der Waals surface area contributed by atoms with Crippen molar-refractivity contribution in [3.63, 3.8) is 0 Å². The molecule has 0 aromatic heterocycles. The number of hydrogen-bond acceptors (Lipinski definition) is 2. The third kappa shape index (κ3) is 2.45. The van der Waals surface area contributed by atoms with Crippen LogP contribution >= 0.6 is 0 Å². The van der Waals surface area contributed by atoms with Crippen LogP contribution in [0.1, 0.15) is 15.9 Å². The normalized spacial score (nSPS) is 10.3. The van der Waals surface area contributed by atoms with E-state index in [1.54, 1.807) is 0 Å². The molecule has 0 bridgehead atoms. The monoisotopic (exact) mass is 266 g/mol. The fraction of sp³-hybridized carbons (Fsp3) is 0.0714. The van der Waals surface area contributed by atoms with Crippen molar-refractivity contribution in [3.05, 3.63) is 65.0 Å². The lowest BCUT2D eigenvalue weighted by atomic mass is 10.0. The van der Waals surface area contributed by atoms with Crippen molar-refractivity contribution in [2.45, 2.75) is 0 Å². The van der Waals surface area contributed by atoms with E-state index in [0.717, 1.165) is 18.2 Å².